The molecule has 6 nitrogen and oxygen atoms in total. The van der Waals surface area contributed by atoms with Gasteiger partial charge in [0.05, 0.1) is 19.3 Å². The molecule has 0 unspecified atom stereocenters. The Bertz CT molecular complexity index is 867. The number of benzene rings is 1. The number of methoxy groups -OCH3 is 1. The first kappa shape index (κ1) is 18.7. The molecule has 1 aromatic carbocycles. The van der Waals surface area contributed by atoms with Gasteiger partial charge in [-0.2, -0.15) is 0 Å². The van der Waals surface area contributed by atoms with Gasteiger partial charge in [0.25, 0.3) is 0 Å². The Hall–Kier alpha value is -2.05. The highest BCUT2D eigenvalue weighted by atomic mass is 16.7. The minimum absolute atomic E-state index is 0.00276. The molecular weight excluding hydrogens is 336 g/mol. The van der Waals surface area contributed by atoms with Crippen molar-refractivity contribution < 1.29 is 23.7 Å². The first-order valence-electron chi connectivity index (χ1n) is 8.89. The molecule has 0 aliphatic carbocycles. The summed E-state index contributed by atoms with van der Waals surface area (Å²) < 4.78 is 22.7. The predicted octanol–water partition coefficient (Wildman–Crippen LogP) is 3.68. The Morgan fingerprint density at radius 3 is 2.69 bits per heavy atom. The third-order valence-electron chi connectivity index (χ3n) is 4.65. The van der Waals surface area contributed by atoms with Gasteiger partial charge in [-0.1, -0.05) is 0 Å². The summed E-state index contributed by atoms with van der Waals surface area (Å²) in [6.07, 6.45) is 2.09. The van der Waals surface area contributed by atoms with Crippen LogP contribution in [0.25, 0.3) is 11.0 Å². The monoisotopic (exact) mass is 362 g/mol. The zero-order valence-electron chi connectivity index (χ0n) is 15.9. The molecule has 2 heterocycles. The summed E-state index contributed by atoms with van der Waals surface area (Å²) >= 11 is 0. The van der Waals surface area contributed by atoms with E-state index >= 15 is 0 Å². The van der Waals surface area contributed by atoms with Gasteiger partial charge in [0.2, 0.25) is 0 Å². The van der Waals surface area contributed by atoms with Crippen molar-refractivity contribution in [1.29, 1.82) is 0 Å². The van der Waals surface area contributed by atoms with E-state index in [1.54, 1.807) is 13.0 Å². The van der Waals surface area contributed by atoms with Gasteiger partial charge in [0, 0.05) is 17.7 Å². The van der Waals surface area contributed by atoms with Crippen molar-refractivity contribution in [3.8, 4) is 11.5 Å². The Morgan fingerprint density at radius 1 is 1.31 bits per heavy atom. The maximum atomic E-state index is 12.3. The van der Waals surface area contributed by atoms with Gasteiger partial charge >= 0.3 is 0 Å². The summed E-state index contributed by atoms with van der Waals surface area (Å²) in [5.74, 6) is 0.287. The van der Waals surface area contributed by atoms with Crippen LogP contribution in [0.1, 0.15) is 44.9 Å². The molecule has 3 rings (SSSR count). The van der Waals surface area contributed by atoms with E-state index in [1.807, 2.05) is 20.8 Å². The molecule has 6 heteroatoms. The SMILES string of the molecule is COc1cc2oc(C)cc(=O)c2c(O)c1CC[C@H]1C[C@H](C)OC(C)(C)O1. The number of rotatable bonds is 4. The van der Waals surface area contributed by atoms with Gasteiger partial charge in [0.15, 0.2) is 11.2 Å². The normalized spacial score (nSPS) is 22.5. The third-order valence-corrected chi connectivity index (χ3v) is 4.65. The lowest BCUT2D eigenvalue weighted by Crippen LogP contribution is -2.43. The van der Waals surface area contributed by atoms with E-state index < -0.39 is 5.79 Å². The largest absolute Gasteiger partial charge is 0.507 e. The summed E-state index contributed by atoms with van der Waals surface area (Å²) in [6.45, 7) is 7.52. The molecule has 1 N–H and O–H groups in total. The summed E-state index contributed by atoms with van der Waals surface area (Å²) in [4.78, 5) is 12.3. The smallest absolute Gasteiger partial charge is 0.196 e. The molecule has 0 amide bonds. The van der Waals surface area contributed by atoms with Crippen LogP contribution in [0, 0.1) is 6.92 Å². The van der Waals surface area contributed by atoms with Crippen LogP contribution in [0.3, 0.4) is 0 Å². The van der Waals surface area contributed by atoms with E-state index in [9.17, 15) is 9.90 Å². The summed E-state index contributed by atoms with van der Waals surface area (Å²) in [5.41, 5.74) is 0.657. The molecule has 1 saturated heterocycles. The molecule has 0 saturated carbocycles. The number of hydrogen-bond donors (Lipinski definition) is 1. The second kappa shape index (κ2) is 6.93. The van der Waals surface area contributed by atoms with Gasteiger partial charge in [-0.25, -0.2) is 0 Å². The van der Waals surface area contributed by atoms with E-state index in [4.69, 9.17) is 18.6 Å². The number of aromatic hydroxyl groups is 1. The Balaban J connectivity index is 1.92. The lowest BCUT2D eigenvalue weighted by molar-refractivity contribution is -0.296. The van der Waals surface area contributed by atoms with Crippen molar-refractivity contribution in [2.45, 2.75) is 65.0 Å². The average molecular weight is 362 g/mol. The van der Waals surface area contributed by atoms with Crippen molar-refractivity contribution in [3.63, 3.8) is 0 Å². The number of aryl methyl sites for hydroxylation is 1. The van der Waals surface area contributed by atoms with Gasteiger partial charge in [0.1, 0.15) is 28.2 Å². The standard InChI is InChI=1S/C20H26O6/c1-11-9-15(21)18-17(24-11)10-16(23-5)14(19(18)22)7-6-13-8-12(2)25-20(3,4)26-13/h9-10,12-13,22H,6-8H2,1-5H3/t12-,13-/m0/s1. The van der Waals surface area contributed by atoms with Crippen LogP contribution in [0.15, 0.2) is 21.3 Å². The quantitative estimate of drug-likeness (QED) is 0.894. The average Bonchev–Trinajstić information content (AvgIpc) is 2.50. The topological polar surface area (TPSA) is 78.1 Å². The van der Waals surface area contributed by atoms with Crippen molar-refractivity contribution >= 4 is 11.0 Å². The second-order valence-electron chi connectivity index (χ2n) is 7.34. The fourth-order valence-electron chi connectivity index (χ4n) is 3.73. The van der Waals surface area contributed by atoms with E-state index in [0.29, 0.717) is 35.5 Å². The molecule has 2 aromatic rings. The molecule has 1 aromatic heterocycles. The lowest BCUT2D eigenvalue weighted by Gasteiger charge is -2.39. The summed E-state index contributed by atoms with van der Waals surface area (Å²) in [5, 5.41) is 10.9. The van der Waals surface area contributed by atoms with Crippen LogP contribution in [-0.4, -0.2) is 30.2 Å². The fourth-order valence-corrected chi connectivity index (χ4v) is 3.73. The fraction of sp³-hybridized carbons (Fsp3) is 0.550. The van der Waals surface area contributed by atoms with Crippen LogP contribution in [0.4, 0.5) is 0 Å². The van der Waals surface area contributed by atoms with Crippen LogP contribution in [-0.2, 0) is 15.9 Å². The van der Waals surface area contributed by atoms with Crippen molar-refractivity contribution in [2.24, 2.45) is 0 Å². The number of phenolic OH excluding ortho intramolecular Hbond substituents is 1. The van der Waals surface area contributed by atoms with Crippen LogP contribution < -0.4 is 10.2 Å². The predicted molar refractivity (Wildman–Crippen MR) is 97.9 cm³/mol. The van der Waals surface area contributed by atoms with Gasteiger partial charge < -0.3 is 23.7 Å². The van der Waals surface area contributed by atoms with Crippen LogP contribution in [0.2, 0.25) is 0 Å². The number of hydrogen-bond acceptors (Lipinski definition) is 6. The van der Waals surface area contributed by atoms with Crippen LogP contribution >= 0.6 is 0 Å². The highest BCUT2D eigenvalue weighted by molar-refractivity contribution is 5.86. The molecule has 1 fully saturated rings. The number of phenols is 1. The molecule has 0 bridgehead atoms. The van der Waals surface area contributed by atoms with Crippen molar-refractivity contribution in [2.75, 3.05) is 7.11 Å². The van der Waals surface area contributed by atoms with Gasteiger partial charge in [-0.3, -0.25) is 4.79 Å². The number of ether oxygens (including phenoxy) is 3. The van der Waals surface area contributed by atoms with Gasteiger partial charge in [-0.15, -0.1) is 0 Å². The minimum atomic E-state index is -0.629. The van der Waals surface area contributed by atoms with E-state index in [1.165, 1.54) is 13.2 Å². The zero-order valence-corrected chi connectivity index (χ0v) is 15.9. The molecule has 1 aliphatic rings. The Kier molecular flexibility index (Phi) is 4.99. The first-order chi connectivity index (χ1) is 12.2. The maximum absolute atomic E-state index is 12.3. The molecular formula is C20H26O6. The third kappa shape index (κ3) is 3.71. The summed E-state index contributed by atoms with van der Waals surface area (Å²) in [7, 11) is 1.54. The van der Waals surface area contributed by atoms with Crippen molar-refractivity contribution in [1.82, 2.24) is 0 Å². The highest BCUT2D eigenvalue weighted by Crippen LogP contribution is 2.37. The molecule has 0 spiro atoms. The zero-order chi connectivity index (χ0) is 19.1. The second-order valence-corrected chi connectivity index (χ2v) is 7.34. The Morgan fingerprint density at radius 2 is 2.04 bits per heavy atom. The molecule has 142 valence electrons. The van der Waals surface area contributed by atoms with E-state index in [-0.39, 0.29) is 28.8 Å². The van der Waals surface area contributed by atoms with Gasteiger partial charge in [-0.05, 0) is 47.0 Å². The molecule has 0 radical (unpaired) electrons. The van der Waals surface area contributed by atoms with Crippen LogP contribution in [0.5, 0.6) is 11.5 Å². The molecule has 26 heavy (non-hydrogen) atoms. The lowest BCUT2D eigenvalue weighted by atomic mass is 9.98. The maximum Gasteiger partial charge on any atom is 0.196 e. The molecule has 2 atom stereocenters. The van der Waals surface area contributed by atoms with E-state index in [0.717, 1.165) is 6.42 Å². The highest BCUT2D eigenvalue weighted by Gasteiger charge is 2.33. The number of fused-ring (bicyclic) bond motifs is 1. The minimum Gasteiger partial charge on any atom is -0.507 e. The summed E-state index contributed by atoms with van der Waals surface area (Å²) in [6, 6.07) is 3.04. The van der Waals surface area contributed by atoms with Crippen molar-refractivity contribution in [3.05, 3.63) is 33.7 Å². The first-order valence-corrected chi connectivity index (χ1v) is 8.89. The van der Waals surface area contributed by atoms with E-state index in [2.05, 4.69) is 0 Å². The molecule has 1 aliphatic heterocycles. The Labute approximate surface area is 152 Å².